The van der Waals surface area contributed by atoms with E-state index in [-0.39, 0.29) is 44.0 Å². The monoisotopic (exact) mass is 527 g/mol. The number of ether oxygens (including phenoxy) is 2. The first-order valence-corrected chi connectivity index (χ1v) is 12.9. The van der Waals surface area contributed by atoms with E-state index in [0.29, 0.717) is 23.0 Å². The highest BCUT2D eigenvalue weighted by Gasteiger charge is 2.32. The second-order valence-electron chi connectivity index (χ2n) is 8.66. The van der Waals surface area contributed by atoms with E-state index < -0.39 is 12.3 Å². The minimum absolute atomic E-state index is 0.0228. The summed E-state index contributed by atoms with van der Waals surface area (Å²) < 4.78 is 14.2. The maximum atomic E-state index is 12.1. The Morgan fingerprint density at radius 3 is 2.46 bits per heavy atom. The normalized spacial score (nSPS) is 19.5. The Morgan fingerprint density at radius 2 is 1.81 bits per heavy atom. The summed E-state index contributed by atoms with van der Waals surface area (Å²) in [6.07, 6.45) is 0.0320. The maximum Gasteiger partial charge on any atom is 0.303 e. The van der Waals surface area contributed by atoms with Crippen molar-refractivity contribution in [3.63, 3.8) is 0 Å². The molecule has 2 heterocycles. The Bertz CT molecular complexity index is 1190. The molecule has 4 rings (SSSR count). The number of aliphatic carboxylic acids is 1. The molecule has 11 nitrogen and oxygen atoms in total. The number of hydrogen-bond acceptors (Lipinski definition) is 9. The third-order valence-electron chi connectivity index (χ3n) is 5.86. The van der Waals surface area contributed by atoms with Gasteiger partial charge in [0.2, 0.25) is 11.1 Å². The first-order valence-electron chi connectivity index (χ1n) is 11.9. The second-order valence-corrected chi connectivity index (χ2v) is 9.65. The number of aliphatic hydroxyl groups is 1. The zero-order valence-electron chi connectivity index (χ0n) is 20.3. The largest absolute Gasteiger partial charge is 0.481 e. The molecule has 1 saturated heterocycles. The van der Waals surface area contributed by atoms with Crippen molar-refractivity contribution in [1.29, 1.82) is 0 Å². The van der Waals surface area contributed by atoms with E-state index in [4.69, 9.17) is 14.6 Å². The molecule has 37 heavy (non-hydrogen) atoms. The molecular weight excluding hydrogens is 498 g/mol. The zero-order chi connectivity index (χ0) is 26.2. The molecule has 1 amide bonds. The quantitative estimate of drug-likeness (QED) is 0.317. The Balaban J connectivity index is 1.44. The number of aromatic nitrogens is 4. The number of amides is 1. The summed E-state index contributed by atoms with van der Waals surface area (Å²) in [5.74, 6) is -0.526. The summed E-state index contributed by atoms with van der Waals surface area (Å²) in [6, 6.07) is 14.9. The van der Waals surface area contributed by atoms with Gasteiger partial charge in [0.15, 0.2) is 6.29 Å². The highest BCUT2D eigenvalue weighted by atomic mass is 32.2. The Morgan fingerprint density at radius 1 is 1.08 bits per heavy atom. The van der Waals surface area contributed by atoms with E-state index in [2.05, 4.69) is 20.8 Å². The smallest absolute Gasteiger partial charge is 0.303 e. The molecule has 2 aromatic carbocycles. The van der Waals surface area contributed by atoms with Gasteiger partial charge in [0.25, 0.3) is 0 Å². The number of hydrogen-bond donors (Lipinski definition) is 3. The molecule has 1 aliphatic heterocycles. The number of anilines is 1. The third kappa shape index (κ3) is 7.59. The van der Waals surface area contributed by atoms with E-state index in [1.165, 1.54) is 11.8 Å². The second kappa shape index (κ2) is 12.8. The van der Waals surface area contributed by atoms with Crippen molar-refractivity contribution < 1.29 is 29.3 Å². The molecule has 3 atom stereocenters. The summed E-state index contributed by atoms with van der Waals surface area (Å²) in [6.45, 7) is -0.0228. The summed E-state index contributed by atoms with van der Waals surface area (Å²) in [4.78, 5) is 22.7. The van der Waals surface area contributed by atoms with Gasteiger partial charge in [-0.05, 0) is 40.1 Å². The fourth-order valence-corrected chi connectivity index (χ4v) is 4.75. The van der Waals surface area contributed by atoms with E-state index in [1.807, 2.05) is 36.4 Å². The molecule has 3 aromatic rings. The van der Waals surface area contributed by atoms with Crippen LogP contribution in [0.3, 0.4) is 0 Å². The average Bonchev–Trinajstić information content (AvgIpc) is 3.32. The molecule has 0 bridgehead atoms. The molecule has 1 aromatic heterocycles. The van der Waals surface area contributed by atoms with Crippen molar-refractivity contribution >= 4 is 29.3 Å². The number of rotatable bonds is 11. The van der Waals surface area contributed by atoms with Crippen molar-refractivity contribution in [2.75, 3.05) is 11.1 Å². The molecule has 1 aliphatic rings. The molecule has 1 fully saturated rings. The van der Waals surface area contributed by atoms with E-state index in [9.17, 15) is 14.7 Å². The molecule has 0 aliphatic carbocycles. The van der Waals surface area contributed by atoms with E-state index in [1.54, 1.807) is 23.9 Å². The SMILES string of the molecule is Cn1nnnc1SCC1CC(c2ccc(CO)cc2)OC(c2ccc(NC(=O)CCCC(=O)O)cc2)O1. The number of carboxylic acids is 1. The number of nitrogens with one attached hydrogen (secondary N) is 1. The van der Waals surface area contributed by atoms with Crippen molar-refractivity contribution in [3.8, 4) is 0 Å². The van der Waals surface area contributed by atoms with Gasteiger partial charge in [-0.3, -0.25) is 9.59 Å². The summed E-state index contributed by atoms with van der Waals surface area (Å²) >= 11 is 1.51. The third-order valence-corrected chi connectivity index (χ3v) is 7.00. The molecular formula is C25H29N5O6S. The van der Waals surface area contributed by atoms with Crippen LogP contribution in [0.2, 0.25) is 0 Å². The minimum Gasteiger partial charge on any atom is -0.481 e. The fraction of sp³-hybridized carbons (Fsp3) is 0.400. The number of aryl methyl sites for hydroxylation is 1. The number of thioether (sulfide) groups is 1. The predicted molar refractivity (Wildman–Crippen MR) is 135 cm³/mol. The van der Waals surface area contributed by atoms with Crippen molar-refractivity contribution in [2.24, 2.45) is 7.05 Å². The van der Waals surface area contributed by atoms with Gasteiger partial charge in [0.1, 0.15) is 0 Å². The van der Waals surface area contributed by atoms with Crippen LogP contribution in [0.15, 0.2) is 53.7 Å². The lowest BCUT2D eigenvalue weighted by Crippen LogP contribution is -2.31. The van der Waals surface area contributed by atoms with Crippen LogP contribution < -0.4 is 5.32 Å². The molecule has 196 valence electrons. The van der Waals surface area contributed by atoms with E-state index >= 15 is 0 Å². The van der Waals surface area contributed by atoms with Gasteiger partial charge < -0.3 is 25.0 Å². The molecule has 0 radical (unpaired) electrons. The highest BCUT2D eigenvalue weighted by molar-refractivity contribution is 7.99. The van der Waals surface area contributed by atoms with Crippen molar-refractivity contribution in [3.05, 3.63) is 65.2 Å². The van der Waals surface area contributed by atoms with Crippen LogP contribution in [0.1, 0.15) is 54.8 Å². The van der Waals surface area contributed by atoms with Crippen LogP contribution in [0.5, 0.6) is 0 Å². The lowest BCUT2D eigenvalue weighted by Gasteiger charge is -2.36. The van der Waals surface area contributed by atoms with Gasteiger partial charge in [0.05, 0.1) is 18.8 Å². The number of carboxylic acid groups (broad SMARTS) is 1. The summed E-state index contributed by atoms with van der Waals surface area (Å²) in [7, 11) is 1.79. The number of carbonyl (C=O) groups excluding carboxylic acids is 1. The van der Waals surface area contributed by atoms with Gasteiger partial charge in [0, 0.05) is 43.3 Å². The van der Waals surface area contributed by atoms with Crippen molar-refractivity contribution in [1.82, 2.24) is 20.2 Å². The number of nitrogens with zero attached hydrogens (tertiary/aromatic N) is 4. The average molecular weight is 528 g/mol. The van der Waals surface area contributed by atoms with Crippen LogP contribution in [0, 0.1) is 0 Å². The molecule has 0 saturated carbocycles. The Kier molecular flexibility index (Phi) is 9.23. The van der Waals surface area contributed by atoms with Gasteiger partial charge in [-0.1, -0.05) is 48.2 Å². The molecule has 3 N–H and O–H groups in total. The van der Waals surface area contributed by atoms with Gasteiger partial charge >= 0.3 is 5.97 Å². The van der Waals surface area contributed by atoms with Crippen LogP contribution in [-0.2, 0) is 32.7 Å². The van der Waals surface area contributed by atoms with Crippen LogP contribution >= 0.6 is 11.8 Å². The van der Waals surface area contributed by atoms with Crippen LogP contribution in [0.4, 0.5) is 5.69 Å². The van der Waals surface area contributed by atoms with E-state index in [0.717, 1.165) is 16.7 Å². The van der Waals surface area contributed by atoms with Gasteiger partial charge in [-0.25, -0.2) is 4.68 Å². The standard InChI is InChI=1S/C25H29N5O6S/c1-30-25(27-28-29-30)37-15-20-13-21(17-7-5-16(14-31)6-8-17)36-24(35-20)18-9-11-19(12-10-18)26-22(32)3-2-4-23(33)34/h5-12,20-21,24,31H,2-4,13-15H2,1H3,(H,26,32)(H,33,34). The summed E-state index contributed by atoms with van der Waals surface area (Å²) in [5, 5.41) is 33.1. The zero-order valence-corrected chi connectivity index (χ0v) is 21.1. The lowest BCUT2D eigenvalue weighted by molar-refractivity contribution is -0.245. The number of tetrazole rings is 1. The topological polar surface area (TPSA) is 149 Å². The van der Waals surface area contributed by atoms with Crippen molar-refractivity contribution in [2.45, 2.75) is 55.9 Å². The lowest BCUT2D eigenvalue weighted by atomic mass is 10.0. The molecule has 0 spiro atoms. The first-order chi connectivity index (χ1) is 17.9. The first kappa shape index (κ1) is 26.7. The molecule has 12 heteroatoms. The highest BCUT2D eigenvalue weighted by Crippen LogP contribution is 2.39. The van der Waals surface area contributed by atoms with Gasteiger partial charge in [-0.15, -0.1) is 5.10 Å². The Labute approximate surface area is 218 Å². The van der Waals surface area contributed by atoms with Crippen LogP contribution in [0.25, 0.3) is 0 Å². The minimum atomic E-state index is -0.919. The fourth-order valence-electron chi connectivity index (χ4n) is 3.88. The maximum absolute atomic E-state index is 12.1. The van der Waals surface area contributed by atoms with Gasteiger partial charge in [-0.2, -0.15) is 0 Å². The Hall–Kier alpha value is -3.32. The van der Waals surface area contributed by atoms with Crippen LogP contribution in [-0.4, -0.2) is 54.2 Å². The molecule has 3 unspecified atom stereocenters. The number of aliphatic hydroxyl groups excluding tert-OH is 1. The summed E-state index contributed by atoms with van der Waals surface area (Å²) in [5.41, 5.74) is 3.23. The number of carbonyl (C=O) groups is 2. The predicted octanol–water partition coefficient (Wildman–Crippen LogP) is 3.23. The number of benzene rings is 2.